The standard InChI is InChI=1S/C17H19ClFN3O4S/c1-10-14(16(21-26-10)15-12(18)6-3-7-13(15)19)17(23)20-11-5-4-8-22(9-11)27(2,24)25/h3,6-7,11H,4-5,8-9H2,1-2H3,(H,20,23). The van der Waals surface area contributed by atoms with Gasteiger partial charge in [-0.15, -0.1) is 0 Å². The molecule has 2 heterocycles. The van der Waals surface area contributed by atoms with Gasteiger partial charge in [-0.2, -0.15) is 0 Å². The Balaban J connectivity index is 1.87. The van der Waals surface area contributed by atoms with E-state index in [4.69, 9.17) is 16.1 Å². The third-order valence-electron chi connectivity index (χ3n) is 4.48. The molecule has 3 rings (SSSR count). The van der Waals surface area contributed by atoms with E-state index in [0.29, 0.717) is 19.4 Å². The minimum atomic E-state index is -3.33. The Kier molecular flexibility index (Phi) is 5.55. The number of nitrogens with zero attached hydrogens (tertiary/aromatic N) is 2. The van der Waals surface area contributed by atoms with Crippen LogP contribution in [-0.2, 0) is 10.0 Å². The van der Waals surface area contributed by atoms with Crippen LogP contribution in [0.5, 0.6) is 0 Å². The van der Waals surface area contributed by atoms with Crippen LogP contribution in [0.2, 0.25) is 5.02 Å². The first-order valence-electron chi connectivity index (χ1n) is 8.35. The van der Waals surface area contributed by atoms with Gasteiger partial charge in [-0.25, -0.2) is 17.1 Å². The van der Waals surface area contributed by atoms with E-state index in [2.05, 4.69) is 10.5 Å². The SMILES string of the molecule is Cc1onc(-c2c(F)cccc2Cl)c1C(=O)NC1CCCN(S(C)(=O)=O)C1. The summed E-state index contributed by atoms with van der Waals surface area (Å²) in [7, 11) is -3.33. The van der Waals surface area contributed by atoms with Crippen LogP contribution in [0.3, 0.4) is 0 Å². The van der Waals surface area contributed by atoms with E-state index >= 15 is 0 Å². The van der Waals surface area contributed by atoms with Gasteiger partial charge in [0.2, 0.25) is 10.0 Å². The number of aryl methyl sites for hydroxylation is 1. The zero-order chi connectivity index (χ0) is 19.8. The first-order valence-corrected chi connectivity index (χ1v) is 10.6. The minimum Gasteiger partial charge on any atom is -0.360 e. The summed E-state index contributed by atoms with van der Waals surface area (Å²) < 4.78 is 44.2. The summed E-state index contributed by atoms with van der Waals surface area (Å²) in [6.07, 6.45) is 2.41. The number of halogens is 2. The van der Waals surface area contributed by atoms with Gasteiger partial charge in [0.1, 0.15) is 22.8 Å². The van der Waals surface area contributed by atoms with Gasteiger partial charge in [0, 0.05) is 19.1 Å². The maximum absolute atomic E-state index is 14.3. The third kappa shape index (κ3) is 4.15. The van der Waals surface area contributed by atoms with Crippen LogP contribution in [0.15, 0.2) is 22.7 Å². The lowest BCUT2D eigenvalue weighted by molar-refractivity contribution is 0.0920. The third-order valence-corrected chi connectivity index (χ3v) is 6.06. The quantitative estimate of drug-likeness (QED) is 0.828. The molecule has 10 heteroatoms. The van der Waals surface area contributed by atoms with E-state index in [1.165, 1.54) is 22.5 Å². The molecular formula is C17H19ClFN3O4S. The Bertz CT molecular complexity index is 956. The molecule has 1 atom stereocenters. The molecular weight excluding hydrogens is 397 g/mol. The highest BCUT2D eigenvalue weighted by Crippen LogP contribution is 2.33. The van der Waals surface area contributed by atoms with Gasteiger partial charge in [0.05, 0.1) is 16.8 Å². The van der Waals surface area contributed by atoms with Crippen molar-refractivity contribution < 1.29 is 22.1 Å². The average molecular weight is 416 g/mol. The number of amides is 1. The number of carbonyl (C=O) groups is 1. The van der Waals surface area contributed by atoms with Gasteiger partial charge in [0.25, 0.3) is 5.91 Å². The number of aromatic nitrogens is 1. The highest BCUT2D eigenvalue weighted by molar-refractivity contribution is 7.88. The van der Waals surface area contributed by atoms with E-state index in [-0.39, 0.29) is 40.2 Å². The van der Waals surface area contributed by atoms with Crippen LogP contribution in [-0.4, -0.2) is 49.2 Å². The monoisotopic (exact) mass is 415 g/mol. The largest absolute Gasteiger partial charge is 0.360 e. The molecule has 0 saturated carbocycles. The number of piperidine rings is 1. The van der Waals surface area contributed by atoms with Crippen LogP contribution in [0, 0.1) is 12.7 Å². The molecule has 1 fully saturated rings. The predicted octanol–water partition coefficient (Wildman–Crippen LogP) is 2.60. The van der Waals surface area contributed by atoms with Crippen LogP contribution >= 0.6 is 11.6 Å². The number of hydrogen-bond donors (Lipinski definition) is 1. The van der Waals surface area contributed by atoms with Crippen molar-refractivity contribution in [3.63, 3.8) is 0 Å². The molecule has 0 spiro atoms. The van der Waals surface area contributed by atoms with Crippen molar-refractivity contribution in [2.75, 3.05) is 19.3 Å². The van der Waals surface area contributed by atoms with Gasteiger partial charge in [-0.3, -0.25) is 4.79 Å². The molecule has 2 aromatic rings. The molecule has 7 nitrogen and oxygen atoms in total. The van der Waals surface area contributed by atoms with Gasteiger partial charge in [-0.1, -0.05) is 22.8 Å². The maximum Gasteiger partial charge on any atom is 0.257 e. The number of benzene rings is 1. The van der Waals surface area contributed by atoms with Gasteiger partial charge < -0.3 is 9.84 Å². The Morgan fingerprint density at radius 3 is 2.85 bits per heavy atom. The fraction of sp³-hybridized carbons (Fsp3) is 0.412. The summed E-state index contributed by atoms with van der Waals surface area (Å²) in [4.78, 5) is 12.8. The van der Waals surface area contributed by atoms with Crippen LogP contribution in [0.4, 0.5) is 4.39 Å². The van der Waals surface area contributed by atoms with Crippen molar-refractivity contribution in [1.29, 1.82) is 0 Å². The van der Waals surface area contributed by atoms with E-state index in [1.807, 2.05) is 0 Å². The van der Waals surface area contributed by atoms with Crippen molar-refractivity contribution in [2.24, 2.45) is 0 Å². The van der Waals surface area contributed by atoms with Crippen LogP contribution in [0.1, 0.15) is 29.0 Å². The Labute approximate surface area is 161 Å². The van der Waals surface area contributed by atoms with Gasteiger partial charge in [0.15, 0.2) is 0 Å². The summed E-state index contributed by atoms with van der Waals surface area (Å²) in [6.45, 7) is 2.15. The second-order valence-electron chi connectivity index (χ2n) is 6.49. The second kappa shape index (κ2) is 7.57. The zero-order valence-electron chi connectivity index (χ0n) is 14.8. The lowest BCUT2D eigenvalue weighted by Gasteiger charge is -2.31. The molecule has 1 aliphatic rings. The molecule has 1 aromatic carbocycles. The van der Waals surface area contributed by atoms with Crippen LogP contribution < -0.4 is 5.32 Å². The summed E-state index contributed by atoms with van der Waals surface area (Å²) in [6, 6.07) is 3.81. The van der Waals surface area contributed by atoms with E-state index in [1.54, 1.807) is 6.92 Å². The van der Waals surface area contributed by atoms with Gasteiger partial charge in [-0.05, 0) is 31.9 Å². The average Bonchev–Trinajstić information content (AvgIpc) is 2.95. The molecule has 1 saturated heterocycles. The minimum absolute atomic E-state index is 0.0115. The Morgan fingerprint density at radius 2 is 2.19 bits per heavy atom. The molecule has 1 unspecified atom stereocenters. The smallest absolute Gasteiger partial charge is 0.257 e. The lowest BCUT2D eigenvalue weighted by Crippen LogP contribution is -2.49. The van der Waals surface area contributed by atoms with E-state index in [9.17, 15) is 17.6 Å². The normalized spacial score (nSPS) is 18.4. The topological polar surface area (TPSA) is 92.5 Å². The van der Waals surface area contributed by atoms with Gasteiger partial charge >= 0.3 is 0 Å². The lowest BCUT2D eigenvalue weighted by atomic mass is 10.0. The van der Waals surface area contributed by atoms with E-state index < -0.39 is 21.7 Å². The van der Waals surface area contributed by atoms with Crippen molar-refractivity contribution in [1.82, 2.24) is 14.8 Å². The van der Waals surface area contributed by atoms with Crippen molar-refractivity contribution in [3.8, 4) is 11.3 Å². The predicted molar refractivity (Wildman–Crippen MR) is 98.5 cm³/mol. The molecule has 1 N–H and O–H groups in total. The maximum atomic E-state index is 14.3. The first-order chi connectivity index (χ1) is 12.7. The van der Waals surface area contributed by atoms with Crippen molar-refractivity contribution >= 4 is 27.5 Å². The number of rotatable bonds is 4. The number of hydrogen-bond acceptors (Lipinski definition) is 5. The molecule has 27 heavy (non-hydrogen) atoms. The fourth-order valence-corrected chi connectivity index (χ4v) is 4.32. The summed E-state index contributed by atoms with van der Waals surface area (Å²) >= 11 is 6.08. The first kappa shape index (κ1) is 19.8. The van der Waals surface area contributed by atoms with Crippen molar-refractivity contribution in [2.45, 2.75) is 25.8 Å². The fourth-order valence-electron chi connectivity index (χ4n) is 3.15. The number of carbonyl (C=O) groups excluding carboxylic acids is 1. The molecule has 1 aromatic heterocycles. The molecule has 0 radical (unpaired) electrons. The molecule has 1 amide bonds. The number of sulfonamides is 1. The van der Waals surface area contributed by atoms with Crippen LogP contribution in [0.25, 0.3) is 11.3 Å². The molecule has 0 bridgehead atoms. The second-order valence-corrected chi connectivity index (χ2v) is 8.88. The summed E-state index contributed by atoms with van der Waals surface area (Å²) in [5, 5.41) is 6.72. The number of nitrogens with one attached hydrogen (secondary N) is 1. The van der Waals surface area contributed by atoms with Crippen molar-refractivity contribution in [3.05, 3.63) is 40.4 Å². The molecule has 0 aliphatic carbocycles. The highest BCUT2D eigenvalue weighted by atomic mass is 35.5. The summed E-state index contributed by atoms with van der Waals surface area (Å²) in [5.74, 6) is -0.910. The highest BCUT2D eigenvalue weighted by Gasteiger charge is 2.30. The van der Waals surface area contributed by atoms with E-state index in [0.717, 1.165) is 6.26 Å². The molecule has 1 aliphatic heterocycles. The summed E-state index contributed by atoms with van der Waals surface area (Å²) in [5.41, 5.74) is 0.0879. The zero-order valence-corrected chi connectivity index (χ0v) is 16.4. The molecule has 146 valence electrons. The Morgan fingerprint density at radius 1 is 1.44 bits per heavy atom. The Hall–Kier alpha value is -1.97.